The molecule has 2 rings (SSSR count). The van der Waals surface area contributed by atoms with Crippen molar-refractivity contribution in [3.05, 3.63) is 47.0 Å². The van der Waals surface area contributed by atoms with Crippen molar-refractivity contribution in [2.45, 2.75) is 6.92 Å². The van der Waals surface area contributed by atoms with Crippen molar-refractivity contribution >= 4 is 28.3 Å². The molecule has 0 spiro atoms. The first-order valence-corrected chi connectivity index (χ1v) is 5.45. The minimum Gasteiger partial charge on any atom is -0.462 e. The van der Waals surface area contributed by atoms with Crippen LogP contribution in [0, 0.1) is 0 Å². The van der Waals surface area contributed by atoms with Crippen LogP contribution in [0.2, 0.25) is 5.02 Å². The van der Waals surface area contributed by atoms with Crippen LogP contribution < -0.4 is 0 Å². The predicted octanol–water partition coefficient (Wildman–Crippen LogP) is 3.67. The van der Waals surface area contributed by atoms with Gasteiger partial charge in [0.25, 0.3) is 0 Å². The highest BCUT2D eigenvalue weighted by molar-refractivity contribution is 6.32. The first-order chi connectivity index (χ1) is 7.72. The fourth-order valence-electron chi connectivity index (χ4n) is 1.65. The lowest BCUT2D eigenvalue weighted by molar-refractivity contribution is 0.0528. The summed E-state index contributed by atoms with van der Waals surface area (Å²) in [5.41, 5.74) is 0.518. The van der Waals surface area contributed by atoms with Crippen LogP contribution in [0.5, 0.6) is 0 Å². The standard InChI is InChI=1S/C13H11ClO2/c1-2-16-13(15)12-8-10(14)7-9-5-3-4-6-11(9)12/h3-8H,2H2,1H3. The highest BCUT2D eigenvalue weighted by atomic mass is 35.5. The van der Waals surface area contributed by atoms with Gasteiger partial charge in [0, 0.05) is 5.02 Å². The zero-order chi connectivity index (χ0) is 11.5. The molecule has 16 heavy (non-hydrogen) atoms. The number of benzene rings is 2. The molecular formula is C13H11ClO2. The molecule has 0 aliphatic heterocycles. The van der Waals surface area contributed by atoms with Gasteiger partial charge in [0.15, 0.2) is 0 Å². The number of carbonyl (C=O) groups is 1. The van der Waals surface area contributed by atoms with E-state index in [1.807, 2.05) is 30.3 Å². The maximum Gasteiger partial charge on any atom is 0.338 e. The van der Waals surface area contributed by atoms with Crippen LogP contribution in [0.1, 0.15) is 17.3 Å². The molecule has 82 valence electrons. The molecule has 0 saturated carbocycles. The summed E-state index contributed by atoms with van der Waals surface area (Å²) in [4.78, 5) is 11.7. The van der Waals surface area contributed by atoms with E-state index in [-0.39, 0.29) is 5.97 Å². The molecule has 0 atom stereocenters. The number of carbonyl (C=O) groups excluding carboxylic acids is 1. The van der Waals surface area contributed by atoms with Gasteiger partial charge in [0.1, 0.15) is 0 Å². The molecule has 0 bridgehead atoms. The third kappa shape index (κ3) is 2.02. The Hall–Kier alpha value is -1.54. The second-order valence-electron chi connectivity index (χ2n) is 3.39. The first-order valence-electron chi connectivity index (χ1n) is 5.08. The maximum atomic E-state index is 11.7. The van der Waals surface area contributed by atoms with Gasteiger partial charge >= 0.3 is 5.97 Å². The summed E-state index contributed by atoms with van der Waals surface area (Å²) in [5.74, 6) is -0.332. The Morgan fingerprint density at radius 1 is 1.31 bits per heavy atom. The Balaban J connectivity index is 2.63. The number of rotatable bonds is 2. The Kier molecular flexibility index (Phi) is 3.11. The number of halogens is 1. The van der Waals surface area contributed by atoms with Crippen LogP contribution in [-0.2, 0) is 4.74 Å². The lowest BCUT2D eigenvalue weighted by atomic mass is 10.0. The molecule has 0 fully saturated rings. The largest absolute Gasteiger partial charge is 0.462 e. The van der Waals surface area contributed by atoms with Crippen LogP contribution in [0.25, 0.3) is 10.8 Å². The van der Waals surface area contributed by atoms with Crippen molar-refractivity contribution in [2.75, 3.05) is 6.61 Å². The van der Waals surface area contributed by atoms with Crippen LogP contribution in [0.4, 0.5) is 0 Å². The van der Waals surface area contributed by atoms with Crippen LogP contribution >= 0.6 is 11.6 Å². The van der Waals surface area contributed by atoms with E-state index in [4.69, 9.17) is 16.3 Å². The second kappa shape index (κ2) is 4.54. The van der Waals surface area contributed by atoms with E-state index in [1.165, 1.54) is 0 Å². The fraction of sp³-hybridized carbons (Fsp3) is 0.154. The van der Waals surface area contributed by atoms with E-state index >= 15 is 0 Å². The predicted molar refractivity (Wildman–Crippen MR) is 64.9 cm³/mol. The molecule has 0 heterocycles. The number of fused-ring (bicyclic) bond motifs is 1. The lowest BCUT2D eigenvalue weighted by Gasteiger charge is -2.06. The van der Waals surface area contributed by atoms with E-state index in [0.29, 0.717) is 17.2 Å². The number of hydrogen-bond acceptors (Lipinski definition) is 2. The summed E-state index contributed by atoms with van der Waals surface area (Å²) in [6, 6.07) is 11.1. The quantitative estimate of drug-likeness (QED) is 0.741. The Morgan fingerprint density at radius 2 is 2.06 bits per heavy atom. The summed E-state index contributed by atoms with van der Waals surface area (Å²) < 4.78 is 4.99. The third-order valence-corrected chi connectivity index (χ3v) is 2.54. The molecule has 0 radical (unpaired) electrons. The summed E-state index contributed by atoms with van der Waals surface area (Å²) in [6.45, 7) is 2.14. The monoisotopic (exact) mass is 234 g/mol. The highest BCUT2D eigenvalue weighted by Crippen LogP contribution is 2.24. The van der Waals surface area contributed by atoms with Crippen molar-refractivity contribution in [3.8, 4) is 0 Å². The summed E-state index contributed by atoms with van der Waals surface area (Å²) >= 11 is 5.96. The van der Waals surface area contributed by atoms with E-state index in [9.17, 15) is 4.79 Å². The molecule has 0 aromatic heterocycles. The minimum atomic E-state index is -0.332. The van der Waals surface area contributed by atoms with Crippen molar-refractivity contribution < 1.29 is 9.53 Å². The summed E-state index contributed by atoms with van der Waals surface area (Å²) in [5, 5.41) is 2.35. The van der Waals surface area contributed by atoms with Gasteiger partial charge in [-0.1, -0.05) is 35.9 Å². The van der Waals surface area contributed by atoms with Gasteiger partial charge in [-0.15, -0.1) is 0 Å². The summed E-state index contributed by atoms with van der Waals surface area (Å²) in [7, 11) is 0. The molecule has 0 saturated heterocycles. The zero-order valence-electron chi connectivity index (χ0n) is 8.87. The van der Waals surface area contributed by atoms with Gasteiger partial charge < -0.3 is 4.74 Å². The molecule has 2 nitrogen and oxygen atoms in total. The van der Waals surface area contributed by atoms with E-state index in [0.717, 1.165) is 10.8 Å². The van der Waals surface area contributed by atoms with Gasteiger partial charge in [0.05, 0.1) is 12.2 Å². The van der Waals surface area contributed by atoms with Gasteiger partial charge in [-0.3, -0.25) is 0 Å². The van der Waals surface area contributed by atoms with Crippen molar-refractivity contribution in [1.29, 1.82) is 0 Å². The maximum absolute atomic E-state index is 11.7. The Labute approximate surface area is 98.8 Å². The minimum absolute atomic E-state index is 0.332. The number of hydrogen-bond donors (Lipinski definition) is 0. The normalized spacial score (nSPS) is 10.4. The number of esters is 1. The zero-order valence-corrected chi connectivity index (χ0v) is 9.62. The van der Waals surface area contributed by atoms with Crippen LogP contribution in [0.3, 0.4) is 0 Å². The summed E-state index contributed by atoms with van der Waals surface area (Å²) in [6.07, 6.45) is 0. The molecule has 0 amide bonds. The average Bonchev–Trinajstić information content (AvgIpc) is 2.28. The van der Waals surface area contributed by atoms with Gasteiger partial charge in [-0.2, -0.15) is 0 Å². The molecule has 2 aromatic carbocycles. The molecule has 0 unspecified atom stereocenters. The topological polar surface area (TPSA) is 26.3 Å². The first kappa shape index (κ1) is 11.0. The van der Waals surface area contributed by atoms with E-state index in [2.05, 4.69) is 0 Å². The van der Waals surface area contributed by atoms with Crippen molar-refractivity contribution in [1.82, 2.24) is 0 Å². The smallest absolute Gasteiger partial charge is 0.338 e. The molecule has 0 aliphatic carbocycles. The molecule has 3 heteroatoms. The van der Waals surface area contributed by atoms with Gasteiger partial charge in [-0.05, 0) is 29.8 Å². The molecule has 0 aliphatic rings. The molecule has 0 N–H and O–H groups in total. The highest BCUT2D eigenvalue weighted by Gasteiger charge is 2.11. The lowest BCUT2D eigenvalue weighted by Crippen LogP contribution is -2.05. The fourth-order valence-corrected chi connectivity index (χ4v) is 1.88. The molecule has 2 aromatic rings. The third-order valence-electron chi connectivity index (χ3n) is 2.32. The van der Waals surface area contributed by atoms with E-state index < -0.39 is 0 Å². The van der Waals surface area contributed by atoms with Crippen molar-refractivity contribution in [2.24, 2.45) is 0 Å². The number of ether oxygens (including phenoxy) is 1. The molecular weight excluding hydrogens is 224 g/mol. The van der Waals surface area contributed by atoms with Crippen molar-refractivity contribution in [3.63, 3.8) is 0 Å². The van der Waals surface area contributed by atoms with Gasteiger partial charge in [0.2, 0.25) is 0 Å². The second-order valence-corrected chi connectivity index (χ2v) is 3.83. The van der Waals surface area contributed by atoms with Crippen LogP contribution in [0.15, 0.2) is 36.4 Å². The van der Waals surface area contributed by atoms with E-state index in [1.54, 1.807) is 13.0 Å². The van der Waals surface area contributed by atoms with Crippen LogP contribution in [-0.4, -0.2) is 12.6 Å². The Bertz CT molecular complexity index is 534. The Morgan fingerprint density at radius 3 is 2.81 bits per heavy atom. The van der Waals surface area contributed by atoms with Gasteiger partial charge in [-0.25, -0.2) is 4.79 Å². The average molecular weight is 235 g/mol. The SMILES string of the molecule is CCOC(=O)c1cc(Cl)cc2ccccc12.